The van der Waals surface area contributed by atoms with Crippen molar-refractivity contribution in [2.75, 3.05) is 18.4 Å². The monoisotopic (exact) mass is 498 g/mol. The van der Waals surface area contributed by atoms with Crippen LogP contribution in [-0.2, 0) is 21.9 Å². The minimum atomic E-state index is -3.66. The quantitative estimate of drug-likeness (QED) is 0.497. The van der Waals surface area contributed by atoms with Crippen molar-refractivity contribution in [1.29, 1.82) is 0 Å². The Morgan fingerprint density at radius 3 is 2.24 bits per heavy atom. The second-order valence-electron chi connectivity index (χ2n) is 8.20. The number of piperidine rings is 1. The van der Waals surface area contributed by atoms with E-state index in [1.54, 1.807) is 6.20 Å². The average molecular weight is 499 g/mol. The maximum Gasteiger partial charge on any atom is 0.243 e. The predicted octanol–water partition coefficient (Wildman–Crippen LogP) is 3.81. The van der Waals surface area contributed by atoms with Crippen LogP contribution in [0.15, 0.2) is 75.9 Å². The molecule has 34 heavy (non-hydrogen) atoms. The van der Waals surface area contributed by atoms with E-state index < -0.39 is 10.0 Å². The Morgan fingerprint density at radius 1 is 1.03 bits per heavy atom. The number of aryl methyl sites for hydroxylation is 1. The topological polar surface area (TPSA) is 101 Å². The first-order valence-corrected chi connectivity index (χ1v) is 13.2. The minimum Gasteiger partial charge on any atom is -0.329 e. The maximum atomic E-state index is 12.9. The fourth-order valence-corrected chi connectivity index (χ4v) is 6.05. The molecule has 1 aliphatic heterocycles. The maximum absolute atomic E-state index is 12.9. The molecule has 178 valence electrons. The lowest BCUT2D eigenvalue weighted by Gasteiger charge is -2.30. The van der Waals surface area contributed by atoms with Crippen LogP contribution in [0.1, 0.15) is 30.1 Å². The smallest absolute Gasteiger partial charge is 0.243 e. The van der Waals surface area contributed by atoms with Crippen molar-refractivity contribution in [3.8, 4) is 0 Å². The first-order chi connectivity index (χ1) is 16.2. The Bertz CT molecular complexity index is 1280. The highest BCUT2D eigenvalue weighted by molar-refractivity contribution is 7.99. The highest BCUT2D eigenvalue weighted by atomic mass is 32.2. The van der Waals surface area contributed by atoms with Crippen LogP contribution >= 0.6 is 11.8 Å². The van der Waals surface area contributed by atoms with Gasteiger partial charge in [-0.1, -0.05) is 23.9 Å². The molecule has 0 atom stereocenters. The zero-order valence-corrected chi connectivity index (χ0v) is 20.6. The molecule has 1 aliphatic rings. The number of hydrogen-bond acceptors (Lipinski definition) is 6. The van der Waals surface area contributed by atoms with Gasteiger partial charge in [0.15, 0.2) is 10.9 Å². The molecular formula is C24H26N4O4S2. The summed E-state index contributed by atoms with van der Waals surface area (Å²) in [5.74, 6) is -0.474. The molecule has 4 rings (SSSR count). The van der Waals surface area contributed by atoms with Crippen molar-refractivity contribution in [2.45, 2.75) is 34.7 Å². The van der Waals surface area contributed by atoms with Crippen LogP contribution in [0.4, 0.5) is 5.69 Å². The molecule has 0 saturated carbocycles. The number of carbonyl (C=O) groups excluding carboxylic acids is 2. The number of nitrogens with zero attached hydrogens (tertiary/aromatic N) is 3. The van der Waals surface area contributed by atoms with Crippen molar-refractivity contribution in [2.24, 2.45) is 13.0 Å². The van der Waals surface area contributed by atoms with Crippen LogP contribution in [-0.4, -0.2) is 47.1 Å². The summed E-state index contributed by atoms with van der Waals surface area (Å²) >= 11 is 1.54. The van der Waals surface area contributed by atoms with E-state index in [9.17, 15) is 18.0 Å². The number of nitrogens with one attached hydrogen (secondary N) is 1. The van der Waals surface area contributed by atoms with E-state index in [0.717, 1.165) is 10.1 Å². The summed E-state index contributed by atoms with van der Waals surface area (Å²) < 4.78 is 29.2. The van der Waals surface area contributed by atoms with Gasteiger partial charge in [0.05, 0.1) is 4.90 Å². The van der Waals surface area contributed by atoms with Crippen LogP contribution in [0.2, 0.25) is 0 Å². The number of amides is 1. The van der Waals surface area contributed by atoms with Crippen LogP contribution in [0.5, 0.6) is 0 Å². The molecule has 0 spiro atoms. The molecule has 0 bridgehead atoms. The zero-order chi connectivity index (χ0) is 24.3. The molecule has 1 aromatic heterocycles. The number of sulfonamides is 1. The van der Waals surface area contributed by atoms with E-state index in [4.69, 9.17) is 0 Å². The van der Waals surface area contributed by atoms with E-state index in [1.165, 1.54) is 47.3 Å². The largest absolute Gasteiger partial charge is 0.329 e. The third-order valence-electron chi connectivity index (χ3n) is 5.83. The van der Waals surface area contributed by atoms with Crippen molar-refractivity contribution in [3.63, 3.8) is 0 Å². The second kappa shape index (κ2) is 10.1. The highest BCUT2D eigenvalue weighted by Crippen LogP contribution is 2.28. The highest BCUT2D eigenvalue weighted by Gasteiger charge is 2.32. The van der Waals surface area contributed by atoms with Gasteiger partial charge in [-0.15, -0.1) is 0 Å². The summed E-state index contributed by atoms with van der Waals surface area (Å²) in [6.07, 6.45) is 4.53. The van der Waals surface area contributed by atoms with Gasteiger partial charge in [0, 0.05) is 54.6 Å². The summed E-state index contributed by atoms with van der Waals surface area (Å²) in [5, 5.41) is 3.82. The van der Waals surface area contributed by atoms with Crippen molar-refractivity contribution in [3.05, 3.63) is 66.5 Å². The number of rotatable bonds is 7. The molecule has 2 aromatic carbocycles. The van der Waals surface area contributed by atoms with Gasteiger partial charge < -0.3 is 9.88 Å². The molecule has 0 unspecified atom stereocenters. The minimum absolute atomic E-state index is 0.104. The van der Waals surface area contributed by atoms with Gasteiger partial charge in [0.25, 0.3) is 0 Å². The van der Waals surface area contributed by atoms with Gasteiger partial charge >= 0.3 is 0 Å². The Hall–Kier alpha value is -2.95. The molecule has 8 nitrogen and oxygen atoms in total. The molecule has 0 radical (unpaired) electrons. The van der Waals surface area contributed by atoms with Gasteiger partial charge in [0.2, 0.25) is 15.9 Å². The third-order valence-corrected chi connectivity index (χ3v) is 8.83. The SMILES string of the molecule is CC(=O)c1ccc(S(=O)(=O)N2CCC(C(=O)Nc3ccc(Sc4nccn4C)cc3)CC2)cc1. The molecule has 1 saturated heterocycles. The lowest BCUT2D eigenvalue weighted by Crippen LogP contribution is -2.41. The van der Waals surface area contributed by atoms with Gasteiger partial charge in [-0.05, 0) is 56.2 Å². The molecular weight excluding hydrogens is 472 g/mol. The summed E-state index contributed by atoms with van der Waals surface area (Å²) in [4.78, 5) is 29.6. The predicted molar refractivity (Wildman–Crippen MR) is 130 cm³/mol. The number of aromatic nitrogens is 2. The fourth-order valence-electron chi connectivity index (χ4n) is 3.78. The number of carbonyl (C=O) groups is 2. The number of Topliss-reactive ketones (excluding diaryl/α,β-unsaturated/α-hetero) is 1. The number of benzene rings is 2. The Balaban J connectivity index is 1.31. The summed E-state index contributed by atoms with van der Waals surface area (Å²) in [6.45, 7) is 1.98. The summed E-state index contributed by atoms with van der Waals surface area (Å²) in [7, 11) is -1.73. The summed E-state index contributed by atoms with van der Waals surface area (Å²) in [5.41, 5.74) is 1.17. The van der Waals surface area contributed by atoms with E-state index in [-0.39, 0.29) is 35.6 Å². The Labute approximate surface area is 203 Å². The van der Waals surface area contributed by atoms with Crippen molar-refractivity contribution < 1.29 is 18.0 Å². The lowest BCUT2D eigenvalue weighted by molar-refractivity contribution is -0.120. The molecule has 2 heterocycles. The van der Waals surface area contributed by atoms with Crippen molar-refractivity contribution in [1.82, 2.24) is 13.9 Å². The molecule has 0 aliphatic carbocycles. The van der Waals surface area contributed by atoms with Gasteiger partial charge in [-0.25, -0.2) is 13.4 Å². The van der Waals surface area contributed by atoms with Crippen LogP contribution in [0, 0.1) is 5.92 Å². The van der Waals surface area contributed by atoms with Gasteiger partial charge in [-0.3, -0.25) is 9.59 Å². The van der Waals surface area contributed by atoms with Crippen LogP contribution in [0.25, 0.3) is 0 Å². The number of anilines is 1. The van der Waals surface area contributed by atoms with Crippen LogP contribution < -0.4 is 5.32 Å². The third kappa shape index (κ3) is 5.40. The second-order valence-corrected chi connectivity index (χ2v) is 11.2. The molecule has 1 fully saturated rings. The van der Waals surface area contributed by atoms with Gasteiger partial charge in [-0.2, -0.15) is 4.31 Å². The van der Waals surface area contributed by atoms with E-state index >= 15 is 0 Å². The number of hydrogen-bond donors (Lipinski definition) is 1. The first-order valence-electron chi connectivity index (χ1n) is 10.9. The molecule has 3 aromatic rings. The van der Waals surface area contributed by atoms with E-state index in [2.05, 4.69) is 10.3 Å². The average Bonchev–Trinajstić information content (AvgIpc) is 3.24. The molecule has 1 amide bonds. The lowest BCUT2D eigenvalue weighted by atomic mass is 9.97. The van der Waals surface area contributed by atoms with E-state index in [1.807, 2.05) is 42.1 Å². The zero-order valence-electron chi connectivity index (χ0n) is 19.0. The van der Waals surface area contributed by atoms with Crippen molar-refractivity contribution >= 4 is 39.2 Å². The van der Waals surface area contributed by atoms with Gasteiger partial charge in [0.1, 0.15) is 0 Å². The number of ketones is 1. The fraction of sp³-hybridized carbons (Fsp3) is 0.292. The summed E-state index contributed by atoms with van der Waals surface area (Å²) in [6, 6.07) is 13.5. The van der Waals surface area contributed by atoms with E-state index in [0.29, 0.717) is 24.1 Å². The molecule has 10 heteroatoms. The number of imidazole rings is 1. The molecule has 1 N–H and O–H groups in total. The Morgan fingerprint density at radius 2 is 1.68 bits per heavy atom. The standard InChI is InChI=1S/C24H26N4O4S2/c1-17(29)18-3-9-22(10-4-18)34(31,32)28-14-11-19(12-15-28)23(30)26-20-5-7-21(8-6-20)33-24-25-13-16-27(24)2/h3-10,13,16,19H,11-12,14-15H2,1-2H3,(H,26,30). The Kier molecular flexibility index (Phi) is 7.20. The first kappa shape index (κ1) is 24.2. The normalized spacial score (nSPS) is 15.2. The van der Waals surface area contributed by atoms with Crippen LogP contribution in [0.3, 0.4) is 0 Å².